The minimum absolute atomic E-state index is 0.0768. The molecule has 30 heavy (non-hydrogen) atoms. The van der Waals surface area contributed by atoms with Crippen LogP contribution in [0, 0.1) is 5.82 Å². The zero-order valence-electron chi connectivity index (χ0n) is 14.9. The predicted molar refractivity (Wildman–Crippen MR) is 98.4 cm³/mol. The minimum Gasteiger partial charge on any atom is -0.268 e. The fraction of sp³-hybridized carbons (Fsp3) is 0.312. The van der Waals surface area contributed by atoms with E-state index in [4.69, 9.17) is 0 Å². The molecule has 7 nitrogen and oxygen atoms in total. The molecule has 3 rings (SSSR count). The zero-order chi connectivity index (χ0) is 22.3. The van der Waals surface area contributed by atoms with E-state index < -0.39 is 53.3 Å². The molecule has 1 fully saturated rings. The van der Waals surface area contributed by atoms with Crippen LogP contribution in [0.3, 0.4) is 0 Å². The van der Waals surface area contributed by atoms with Crippen LogP contribution in [0.5, 0.6) is 0 Å². The van der Waals surface area contributed by atoms with E-state index in [0.29, 0.717) is 49.4 Å². The van der Waals surface area contributed by atoms with Crippen molar-refractivity contribution in [2.75, 3.05) is 13.1 Å². The number of halogens is 4. The van der Waals surface area contributed by atoms with Crippen molar-refractivity contribution in [2.24, 2.45) is 0 Å². The Kier molecular flexibility index (Phi) is 5.97. The second-order valence-corrected chi connectivity index (χ2v) is 11.5. The molecule has 164 valence electrons. The smallest absolute Gasteiger partial charge is 0.268 e. The van der Waals surface area contributed by atoms with Crippen molar-refractivity contribution in [3.8, 4) is 0 Å². The Bertz CT molecular complexity index is 1180. The van der Waals surface area contributed by atoms with Crippen molar-refractivity contribution in [2.45, 2.75) is 27.4 Å². The Balaban J connectivity index is 1.82. The highest BCUT2D eigenvalue weighted by molar-refractivity contribution is 7.94. The number of alkyl halides is 3. The molecular weight excluding hydrogens is 472 g/mol. The molecule has 1 aromatic heterocycles. The maximum Gasteiger partial charge on any atom is 0.416 e. The third-order valence-electron chi connectivity index (χ3n) is 4.25. The Morgan fingerprint density at radius 2 is 1.60 bits per heavy atom. The highest BCUT2D eigenvalue weighted by Gasteiger charge is 2.33. The van der Waals surface area contributed by atoms with Gasteiger partial charge in [0.2, 0.25) is 0 Å². The largest absolute Gasteiger partial charge is 0.416 e. The summed E-state index contributed by atoms with van der Waals surface area (Å²) < 4.78 is 103. The van der Waals surface area contributed by atoms with Crippen molar-refractivity contribution < 1.29 is 39.2 Å². The van der Waals surface area contributed by atoms with Gasteiger partial charge in [-0.2, -0.15) is 17.5 Å². The summed E-state index contributed by atoms with van der Waals surface area (Å²) in [6, 6.07) is 3.09. The highest BCUT2D eigenvalue weighted by atomic mass is 32.3. The summed E-state index contributed by atoms with van der Waals surface area (Å²) in [7, 11) is -8.45. The molecule has 0 unspecified atom stereocenters. The van der Waals surface area contributed by atoms with Crippen molar-refractivity contribution in [3.05, 3.63) is 47.3 Å². The van der Waals surface area contributed by atoms with Gasteiger partial charge in [0.05, 0.1) is 11.1 Å². The van der Waals surface area contributed by atoms with Gasteiger partial charge in [-0.1, -0.05) is 0 Å². The number of hydrogen-bond donors (Lipinski definition) is 1. The zero-order valence-corrected chi connectivity index (χ0v) is 17.4. The van der Waals surface area contributed by atoms with Crippen molar-refractivity contribution in [3.63, 3.8) is 0 Å². The van der Waals surface area contributed by atoms with E-state index in [2.05, 4.69) is 0 Å². The first kappa shape index (κ1) is 22.7. The summed E-state index contributed by atoms with van der Waals surface area (Å²) in [6.07, 6.45) is -3.47. The van der Waals surface area contributed by atoms with Gasteiger partial charge in [0, 0.05) is 13.1 Å². The van der Waals surface area contributed by atoms with Crippen molar-refractivity contribution in [1.29, 1.82) is 0 Å². The fourth-order valence-electron chi connectivity index (χ4n) is 2.74. The standard InChI is InChI=1S/C16H14F4N2O5S3/c17-12-9-10(16(18,19)20)3-4-11(12)15(23)21-29(24,25)13-5-6-14(28-13)30(26,27)22-7-1-2-8-22/h3-6,9H,1-2,7-8H2,(H,21,23). The summed E-state index contributed by atoms with van der Waals surface area (Å²) in [4.78, 5) is 12.1. The lowest BCUT2D eigenvalue weighted by atomic mass is 10.1. The molecule has 0 spiro atoms. The van der Waals surface area contributed by atoms with Crippen LogP contribution in [0.4, 0.5) is 17.6 Å². The molecule has 1 aromatic carbocycles. The highest BCUT2D eigenvalue weighted by Crippen LogP contribution is 2.31. The Labute approximate surface area is 173 Å². The van der Waals surface area contributed by atoms with Crippen LogP contribution in [0.2, 0.25) is 0 Å². The van der Waals surface area contributed by atoms with Crippen LogP contribution < -0.4 is 4.72 Å². The van der Waals surface area contributed by atoms with Crippen LogP contribution >= 0.6 is 11.3 Å². The molecule has 0 bridgehead atoms. The van der Waals surface area contributed by atoms with Gasteiger partial charge in [-0.05, 0) is 43.2 Å². The number of sulfonamides is 2. The third-order valence-corrected chi connectivity index (χ3v) is 9.52. The number of nitrogens with zero attached hydrogens (tertiary/aromatic N) is 1. The lowest BCUT2D eigenvalue weighted by molar-refractivity contribution is -0.137. The number of carbonyl (C=O) groups is 1. The van der Waals surface area contributed by atoms with Crippen LogP contribution in [-0.2, 0) is 26.2 Å². The van der Waals surface area contributed by atoms with E-state index in [1.54, 1.807) is 0 Å². The van der Waals surface area contributed by atoms with Gasteiger partial charge in [0.15, 0.2) is 0 Å². The lowest BCUT2D eigenvalue weighted by Crippen LogP contribution is -2.31. The predicted octanol–water partition coefficient (Wildman–Crippen LogP) is 2.81. The molecule has 1 N–H and O–H groups in total. The summed E-state index contributed by atoms with van der Waals surface area (Å²) in [6.45, 7) is 0.624. The minimum atomic E-state index is -4.84. The molecule has 14 heteroatoms. The van der Waals surface area contributed by atoms with Crippen molar-refractivity contribution >= 4 is 37.3 Å². The molecule has 0 saturated carbocycles. The fourth-order valence-corrected chi connectivity index (χ4v) is 7.15. The van der Waals surface area contributed by atoms with Gasteiger partial charge >= 0.3 is 6.18 Å². The molecule has 0 radical (unpaired) electrons. The van der Waals surface area contributed by atoms with Crippen LogP contribution in [-0.4, -0.2) is 40.1 Å². The van der Waals surface area contributed by atoms with Crippen molar-refractivity contribution in [1.82, 2.24) is 9.03 Å². The van der Waals surface area contributed by atoms with Gasteiger partial charge in [0.1, 0.15) is 14.2 Å². The average Bonchev–Trinajstić information content (AvgIpc) is 3.33. The first-order chi connectivity index (χ1) is 13.8. The van der Waals surface area contributed by atoms with E-state index in [-0.39, 0.29) is 10.3 Å². The quantitative estimate of drug-likeness (QED) is 0.655. The van der Waals surface area contributed by atoms with Gasteiger partial charge in [-0.3, -0.25) is 4.79 Å². The van der Waals surface area contributed by atoms with Crippen LogP contribution in [0.1, 0.15) is 28.8 Å². The number of thiophene rings is 1. The van der Waals surface area contributed by atoms with E-state index in [1.165, 1.54) is 9.03 Å². The van der Waals surface area contributed by atoms with Crippen LogP contribution in [0.25, 0.3) is 0 Å². The molecule has 0 atom stereocenters. The van der Waals surface area contributed by atoms with E-state index in [1.807, 2.05) is 0 Å². The third kappa shape index (κ3) is 4.50. The number of nitrogens with one attached hydrogen (secondary N) is 1. The molecule has 2 heterocycles. The maximum absolute atomic E-state index is 13.9. The van der Waals surface area contributed by atoms with E-state index in [9.17, 15) is 39.2 Å². The van der Waals surface area contributed by atoms with Crippen LogP contribution in [0.15, 0.2) is 38.8 Å². The normalized spacial score (nSPS) is 16.0. The lowest BCUT2D eigenvalue weighted by Gasteiger charge is -2.13. The SMILES string of the molecule is O=C(NS(=O)(=O)c1ccc(S(=O)(=O)N2CCCC2)s1)c1ccc(C(F)(F)F)cc1F. The van der Waals surface area contributed by atoms with E-state index in [0.717, 1.165) is 12.1 Å². The summed E-state index contributed by atoms with van der Waals surface area (Å²) in [5.41, 5.74) is -2.25. The monoisotopic (exact) mass is 486 g/mol. The average molecular weight is 486 g/mol. The Morgan fingerprint density at radius 1 is 1.00 bits per heavy atom. The van der Waals surface area contributed by atoms with E-state index >= 15 is 0 Å². The number of benzene rings is 1. The number of amides is 1. The second-order valence-electron chi connectivity index (χ2n) is 6.31. The number of carbonyl (C=O) groups excluding carboxylic acids is 1. The topological polar surface area (TPSA) is 101 Å². The molecule has 1 aliphatic heterocycles. The first-order valence-corrected chi connectivity index (χ1v) is 12.1. The number of rotatable bonds is 5. The Morgan fingerprint density at radius 3 is 2.17 bits per heavy atom. The molecule has 1 saturated heterocycles. The van der Waals surface area contributed by atoms with Gasteiger partial charge in [0.25, 0.3) is 26.0 Å². The molecule has 0 aliphatic carbocycles. The van der Waals surface area contributed by atoms with Gasteiger partial charge in [-0.25, -0.2) is 25.9 Å². The second kappa shape index (κ2) is 7.90. The summed E-state index contributed by atoms with van der Waals surface area (Å²) in [5.74, 6) is -3.04. The number of hydrogen-bond acceptors (Lipinski definition) is 6. The molecular formula is C16H14F4N2O5S3. The molecule has 1 aliphatic rings. The maximum atomic E-state index is 13.9. The summed E-state index contributed by atoms with van der Waals surface area (Å²) >= 11 is 0.406. The Hall–Kier alpha value is -2.03. The van der Waals surface area contributed by atoms with Gasteiger partial charge < -0.3 is 0 Å². The summed E-state index contributed by atoms with van der Waals surface area (Å²) in [5, 5.41) is 0. The molecule has 1 amide bonds. The molecule has 2 aromatic rings. The first-order valence-electron chi connectivity index (χ1n) is 8.36. The van der Waals surface area contributed by atoms with Gasteiger partial charge in [-0.15, -0.1) is 11.3 Å².